The van der Waals surface area contributed by atoms with Crippen molar-refractivity contribution in [2.75, 3.05) is 19.0 Å². The molecule has 7 nitrogen and oxygen atoms in total. The second-order valence-corrected chi connectivity index (χ2v) is 9.28. The molecule has 1 unspecified atom stereocenters. The zero-order valence-electron chi connectivity index (χ0n) is 18.4. The van der Waals surface area contributed by atoms with E-state index in [1.807, 2.05) is 42.5 Å². The Labute approximate surface area is 194 Å². The van der Waals surface area contributed by atoms with Crippen molar-refractivity contribution in [3.05, 3.63) is 59.3 Å². The molecule has 1 aliphatic carbocycles. The number of thiazole rings is 1. The predicted molar refractivity (Wildman–Crippen MR) is 128 cm³/mol. The molecule has 2 aromatic heterocycles. The molecular formula is C25H23N3O4S. The number of hydrogen-bond acceptors (Lipinski definition) is 7. The van der Waals surface area contributed by atoms with Crippen LogP contribution < -0.4 is 10.1 Å². The van der Waals surface area contributed by atoms with Crippen LogP contribution in [-0.4, -0.2) is 35.6 Å². The third kappa shape index (κ3) is 4.26. The van der Waals surface area contributed by atoms with Crippen LogP contribution in [0.25, 0.3) is 21.1 Å². The molecule has 1 amide bonds. The maximum absolute atomic E-state index is 13.1. The fraction of sp³-hybridized carbons (Fsp3) is 0.280. The van der Waals surface area contributed by atoms with Gasteiger partial charge in [-0.25, -0.2) is 9.78 Å². The lowest BCUT2D eigenvalue weighted by Crippen LogP contribution is -2.23. The lowest BCUT2D eigenvalue weighted by Gasteiger charge is -2.24. The quantitative estimate of drug-likeness (QED) is 0.431. The van der Waals surface area contributed by atoms with Crippen LogP contribution in [0.15, 0.2) is 42.5 Å². The maximum Gasteiger partial charge on any atom is 0.339 e. The highest BCUT2D eigenvalue weighted by Gasteiger charge is 2.26. The van der Waals surface area contributed by atoms with E-state index >= 15 is 0 Å². The van der Waals surface area contributed by atoms with E-state index in [1.165, 1.54) is 11.3 Å². The molecule has 1 aliphatic rings. The zero-order chi connectivity index (χ0) is 22.9. The van der Waals surface area contributed by atoms with Gasteiger partial charge in [0.05, 0.1) is 28.4 Å². The molecule has 0 saturated carbocycles. The molecule has 2 heterocycles. The summed E-state index contributed by atoms with van der Waals surface area (Å²) < 4.78 is 11.6. The van der Waals surface area contributed by atoms with Gasteiger partial charge in [0.1, 0.15) is 5.75 Å². The van der Waals surface area contributed by atoms with E-state index < -0.39 is 11.9 Å². The number of benzene rings is 2. The molecule has 5 rings (SSSR count). The van der Waals surface area contributed by atoms with E-state index in [9.17, 15) is 9.59 Å². The summed E-state index contributed by atoms with van der Waals surface area (Å²) in [5.41, 5.74) is 3.96. The number of hydrogen-bond donors (Lipinski definition) is 1. The van der Waals surface area contributed by atoms with Crippen LogP contribution in [0.3, 0.4) is 0 Å². The van der Waals surface area contributed by atoms with Crippen LogP contribution in [0, 0.1) is 5.92 Å². The van der Waals surface area contributed by atoms with Crippen LogP contribution in [0.5, 0.6) is 5.75 Å². The lowest BCUT2D eigenvalue weighted by atomic mass is 9.84. The van der Waals surface area contributed by atoms with Gasteiger partial charge in [0, 0.05) is 11.1 Å². The second kappa shape index (κ2) is 8.78. The minimum absolute atomic E-state index is 0.390. The van der Waals surface area contributed by atoms with E-state index in [1.54, 1.807) is 7.11 Å². The third-order valence-corrected chi connectivity index (χ3v) is 6.82. The fourth-order valence-electron chi connectivity index (χ4n) is 4.24. The number of carbonyl (C=O) groups is 2. The minimum atomic E-state index is -0.497. The molecule has 2 aromatic carbocycles. The SMILES string of the molecule is COc1ccc2nc(NC(=O)COC(=O)c3c4c(nc5ccccc35)CCC(C)C4)sc2c1. The number of amides is 1. The highest BCUT2D eigenvalue weighted by Crippen LogP contribution is 2.32. The molecule has 33 heavy (non-hydrogen) atoms. The number of carbonyl (C=O) groups excluding carboxylic acids is 2. The average molecular weight is 462 g/mol. The monoisotopic (exact) mass is 461 g/mol. The number of ether oxygens (including phenoxy) is 2. The number of fused-ring (bicyclic) bond motifs is 3. The Morgan fingerprint density at radius 3 is 2.85 bits per heavy atom. The van der Waals surface area contributed by atoms with E-state index in [2.05, 4.69) is 17.2 Å². The highest BCUT2D eigenvalue weighted by atomic mass is 32.1. The number of nitrogens with one attached hydrogen (secondary N) is 1. The number of anilines is 1. The van der Waals surface area contributed by atoms with Gasteiger partial charge in [-0.2, -0.15) is 0 Å². The Bertz CT molecular complexity index is 1380. The summed E-state index contributed by atoms with van der Waals surface area (Å²) in [6, 6.07) is 13.1. The Balaban J connectivity index is 1.34. The van der Waals surface area contributed by atoms with Crippen LogP contribution >= 0.6 is 11.3 Å². The number of methoxy groups -OCH3 is 1. The minimum Gasteiger partial charge on any atom is -0.497 e. The molecule has 0 spiro atoms. The first kappa shape index (κ1) is 21.3. The van der Waals surface area contributed by atoms with E-state index in [4.69, 9.17) is 14.5 Å². The van der Waals surface area contributed by atoms with Crippen LogP contribution in [0.2, 0.25) is 0 Å². The fourth-order valence-corrected chi connectivity index (χ4v) is 5.15. The molecule has 0 bridgehead atoms. The maximum atomic E-state index is 13.1. The number of rotatable bonds is 5. The van der Waals surface area contributed by atoms with Gasteiger partial charge in [0.15, 0.2) is 11.7 Å². The van der Waals surface area contributed by atoms with Crippen molar-refractivity contribution < 1.29 is 19.1 Å². The van der Waals surface area contributed by atoms with Gasteiger partial charge in [0.2, 0.25) is 0 Å². The summed E-state index contributed by atoms with van der Waals surface area (Å²) in [7, 11) is 1.60. The Kier molecular flexibility index (Phi) is 5.68. The van der Waals surface area contributed by atoms with Crippen molar-refractivity contribution in [2.24, 2.45) is 5.92 Å². The molecule has 4 aromatic rings. The van der Waals surface area contributed by atoms with Gasteiger partial charge in [-0.1, -0.05) is 36.5 Å². The molecular weight excluding hydrogens is 438 g/mol. The molecule has 1 N–H and O–H groups in total. The first-order valence-corrected chi connectivity index (χ1v) is 11.7. The number of esters is 1. The standard InChI is InChI=1S/C25H23N3O4S/c1-14-7-9-19-17(11-14)23(16-5-3-4-6-18(16)26-19)24(30)32-13-22(29)28-25-27-20-10-8-15(31-2)12-21(20)33-25/h3-6,8,10,12,14H,7,9,11,13H2,1-2H3,(H,27,28,29). The smallest absolute Gasteiger partial charge is 0.339 e. The highest BCUT2D eigenvalue weighted by molar-refractivity contribution is 7.22. The molecule has 8 heteroatoms. The number of nitrogens with zero attached hydrogens (tertiary/aromatic N) is 2. The third-order valence-electron chi connectivity index (χ3n) is 5.89. The average Bonchev–Trinajstić information content (AvgIpc) is 3.22. The summed E-state index contributed by atoms with van der Waals surface area (Å²) in [5, 5.41) is 3.92. The van der Waals surface area contributed by atoms with Gasteiger partial charge in [-0.15, -0.1) is 0 Å². The van der Waals surface area contributed by atoms with E-state index in [0.29, 0.717) is 16.6 Å². The summed E-state index contributed by atoms with van der Waals surface area (Å²) in [4.78, 5) is 34.8. The predicted octanol–water partition coefficient (Wildman–Crippen LogP) is 4.77. The second-order valence-electron chi connectivity index (χ2n) is 8.25. The molecule has 0 fully saturated rings. The molecule has 1 atom stereocenters. The number of aromatic nitrogens is 2. The van der Waals surface area contributed by atoms with Crippen LogP contribution in [0.1, 0.15) is 35.0 Å². The number of pyridine rings is 1. The Morgan fingerprint density at radius 1 is 1.15 bits per heavy atom. The van der Waals surface area contributed by atoms with Crippen molar-refractivity contribution in [1.82, 2.24) is 9.97 Å². The van der Waals surface area contributed by atoms with Gasteiger partial charge >= 0.3 is 5.97 Å². The molecule has 0 saturated heterocycles. The largest absolute Gasteiger partial charge is 0.497 e. The van der Waals surface area contributed by atoms with Crippen molar-refractivity contribution in [1.29, 1.82) is 0 Å². The van der Waals surface area contributed by atoms with Gasteiger partial charge in [-0.05, 0) is 55.0 Å². The molecule has 0 radical (unpaired) electrons. The summed E-state index contributed by atoms with van der Waals surface area (Å²) in [6.45, 7) is 1.79. The number of aryl methyl sites for hydroxylation is 1. The summed E-state index contributed by atoms with van der Waals surface area (Å²) >= 11 is 1.33. The van der Waals surface area contributed by atoms with Crippen molar-refractivity contribution in [2.45, 2.75) is 26.2 Å². The molecule has 168 valence electrons. The first-order chi connectivity index (χ1) is 16.0. The van der Waals surface area contributed by atoms with Gasteiger partial charge < -0.3 is 9.47 Å². The van der Waals surface area contributed by atoms with Gasteiger partial charge in [0.25, 0.3) is 5.91 Å². The Hall–Kier alpha value is -3.52. The summed E-state index contributed by atoms with van der Waals surface area (Å²) in [5.74, 6) is 0.256. The number of para-hydroxylation sites is 1. The topological polar surface area (TPSA) is 90.4 Å². The zero-order valence-corrected chi connectivity index (χ0v) is 19.2. The van der Waals surface area contributed by atoms with Crippen molar-refractivity contribution >= 4 is 49.5 Å². The van der Waals surface area contributed by atoms with E-state index in [0.717, 1.165) is 57.4 Å². The Morgan fingerprint density at radius 2 is 2.00 bits per heavy atom. The van der Waals surface area contributed by atoms with Gasteiger partial charge in [-0.3, -0.25) is 15.1 Å². The van der Waals surface area contributed by atoms with Crippen LogP contribution in [0.4, 0.5) is 5.13 Å². The summed E-state index contributed by atoms with van der Waals surface area (Å²) in [6.07, 6.45) is 2.66. The van der Waals surface area contributed by atoms with E-state index in [-0.39, 0.29) is 6.61 Å². The van der Waals surface area contributed by atoms with Crippen molar-refractivity contribution in [3.8, 4) is 5.75 Å². The normalized spacial score (nSPS) is 15.3. The van der Waals surface area contributed by atoms with Crippen molar-refractivity contribution in [3.63, 3.8) is 0 Å². The lowest BCUT2D eigenvalue weighted by molar-refractivity contribution is -0.119. The van der Waals surface area contributed by atoms with Crippen LogP contribution in [-0.2, 0) is 22.4 Å². The first-order valence-electron chi connectivity index (χ1n) is 10.8. The molecule has 0 aliphatic heterocycles.